The van der Waals surface area contributed by atoms with E-state index < -0.39 is 42.5 Å². The molecule has 1 aliphatic rings. The van der Waals surface area contributed by atoms with Crippen molar-refractivity contribution in [2.24, 2.45) is 0 Å². The van der Waals surface area contributed by atoms with Crippen LogP contribution in [0.5, 0.6) is 5.75 Å². The summed E-state index contributed by atoms with van der Waals surface area (Å²) in [5, 5.41) is 0. The maximum atomic E-state index is 13.0. The Labute approximate surface area is 196 Å². The van der Waals surface area contributed by atoms with E-state index in [1.165, 1.54) is 20.8 Å². The summed E-state index contributed by atoms with van der Waals surface area (Å²) in [6, 6.07) is 13.7. The van der Waals surface area contributed by atoms with E-state index in [1.54, 1.807) is 36.4 Å². The Balaban J connectivity index is 1.86. The molecule has 0 aliphatic carbocycles. The second-order valence-electron chi connectivity index (χ2n) is 7.79. The number of rotatable bonds is 7. The zero-order chi connectivity index (χ0) is 24.8. The molecule has 0 radical (unpaired) electrons. The van der Waals surface area contributed by atoms with Gasteiger partial charge in [0.05, 0.1) is 6.61 Å². The number of carbonyl (C=O) groups is 4. The van der Waals surface area contributed by atoms with Gasteiger partial charge < -0.3 is 23.7 Å². The molecule has 0 aromatic heterocycles. The standard InChI is InChI=1S/C25H26O9/c1-14-8-5-6-11-20(14)22(29)18-9-7-10-19(12-18)34-25-24(33-17(4)28)23(32-16(3)27)21(13-30-25)31-15(2)26/h5-12,21,23-25H,13H2,1-4H3/t21-,23+,24-,25+/m1/s1. The predicted molar refractivity (Wildman–Crippen MR) is 118 cm³/mol. The number of hydrogen-bond acceptors (Lipinski definition) is 9. The second-order valence-corrected chi connectivity index (χ2v) is 7.79. The lowest BCUT2D eigenvalue weighted by Crippen LogP contribution is -2.59. The molecule has 2 aromatic rings. The number of carbonyl (C=O) groups excluding carboxylic acids is 4. The molecule has 1 aliphatic heterocycles. The first-order chi connectivity index (χ1) is 16.2. The maximum absolute atomic E-state index is 13.0. The zero-order valence-electron chi connectivity index (χ0n) is 19.3. The minimum Gasteiger partial charge on any atom is -0.461 e. The first-order valence-electron chi connectivity index (χ1n) is 10.7. The Morgan fingerprint density at radius 1 is 0.824 bits per heavy atom. The third-order valence-corrected chi connectivity index (χ3v) is 5.04. The summed E-state index contributed by atoms with van der Waals surface area (Å²) in [6.07, 6.45) is -4.57. The highest BCUT2D eigenvalue weighted by molar-refractivity contribution is 6.10. The van der Waals surface area contributed by atoms with Crippen LogP contribution in [0.4, 0.5) is 0 Å². The largest absolute Gasteiger partial charge is 0.461 e. The van der Waals surface area contributed by atoms with Crippen LogP contribution in [0.25, 0.3) is 0 Å². The van der Waals surface area contributed by atoms with Gasteiger partial charge in [-0.1, -0.05) is 36.4 Å². The molecule has 0 spiro atoms. The molecule has 1 fully saturated rings. The maximum Gasteiger partial charge on any atom is 0.303 e. The second kappa shape index (κ2) is 10.9. The van der Waals surface area contributed by atoms with E-state index in [0.717, 1.165) is 5.56 Å². The highest BCUT2D eigenvalue weighted by Gasteiger charge is 2.48. The molecular weight excluding hydrogens is 444 g/mol. The summed E-state index contributed by atoms with van der Waals surface area (Å²) in [6.45, 7) is 5.25. The van der Waals surface area contributed by atoms with Gasteiger partial charge in [-0.05, 0) is 24.6 Å². The van der Waals surface area contributed by atoms with E-state index in [1.807, 2.05) is 19.1 Å². The monoisotopic (exact) mass is 470 g/mol. The smallest absolute Gasteiger partial charge is 0.303 e. The van der Waals surface area contributed by atoms with Crippen molar-refractivity contribution in [3.8, 4) is 5.75 Å². The van der Waals surface area contributed by atoms with Gasteiger partial charge in [0.2, 0.25) is 12.4 Å². The Morgan fingerprint density at radius 2 is 1.47 bits per heavy atom. The van der Waals surface area contributed by atoms with Crippen molar-refractivity contribution in [3.05, 3.63) is 65.2 Å². The van der Waals surface area contributed by atoms with Crippen LogP contribution in [0.3, 0.4) is 0 Å². The van der Waals surface area contributed by atoms with Crippen molar-refractivity contribution >= 4 is 23.7 Å². The Kier molecular flexibility index (Phi) is 8.01. The third-order valence-electron chi connectivity index (χ3n) is 5.04. The molecule has 0 saturated carbocycles. The third kappa shape index (κ3) is 6.20. The van der Waals surface area contributed by atoms with Crippen LogP contribution in [-0.2, 0) is 33.3 Å². The Morgan fingerprint density at radius 3 is 2.12 bits per heavy atom. The van der Waals surface area contributed by atoms with E-state index >= 15 is 0 Å². The quantitative estimate of drug-likeness (QED) is 0.342. The normalized spacial score (nSPS) is 21.8. The number of esters is 3. The number of aryl methyl sites for hydroxylation is 1. The van der Waals surface area contributed by atoms with Crippen LogP contribution in [0, 0.1) is 6.92 Å². The van der Waals surface area contributed by atoms with Crippen LogP contribution in [0.2, 0.25) is 0 Å². The molecule has 0 unspecified atom stereocenters. The zero-order valence-corrected chi connectivity index (χ0v) is 19.3. The van der Waals surface area contributed by atoms with Gasteiger partial charge in [-0.2, -0.15) is 0 Å². The summed E-state index contributed by atoms with van der Waals surface area (Å²) >= 11 is 0. The first kappa shape index (κ1) is 24.9. The molecular formula is C25H26O9. The lowest BCUT2D eigenvalue weighted by Gasteiger charge is -2.40. The van der Waals surface area contributed by atoms with Crippen molar-refractivity contribution < 1.29 is 42.9 Å². The Hall–Kier alpha value is -3.72. The van der Waals surface area contributed by atoms with Gasteiger partial charge in [0.15, 0.2) is 18.0 Å². The van der Waals surface area contributed by atoms with E-state index in [2.05, 4.69) is 0 Å². The molecule has 9 nitrogen and oxygen atoms in total. The molecule has 3 rings (SSSR count). The number of ether oxygens (including phenoxy) is 5. The Bertz CT molecular complexity index is 1080. The van der Waals surface area contributed by atoms with Gasteiger partial charge in [0, 0.05) is 31.9 Å². The fourth-order valence-electron chi connectivity index (χ4n) is 3.64. The SMILES string of the molecule is CC(=O)O[C@@H]1[C@@H](OC(C)=O)[C@H](Oc2cccc(C(=O)c3ccccc3C)c2)OC[C@H]1OC(C)=O. The fraction of sp³-hybridized carbons (Fsp3) is 0.360. The molecule has 9 heteroatoms. The molecule has 0 bridgehead atoms. The van der Waals surface area contributed by atoms with E-state index in [0.29, 0.717) is 11.1 Å². The lowest BCUT2D eigenvalue weighted by molar-refractivity contribution is -0.259. The number of ketones is 1. The lowest BCUT2D eigenvalue weighted by atomic mass is 9.99. The van der Waals surface area contributed by atoms with Gasteiger partial charge in [-0.3, -0.25) is 19.2 Å². The highest BCUT2D eigenvalue weighted by atomic mass is 16.7. The van der Waals surface area contributed by atoms with Gasteiger partial charge >= 0.3 is 17.9 Å². The molecule has 1 saturated heterocycles. The van der Waals surface area contributed by atoms with Crippen molar-refractivity contribution in [2.75, 3.05) is 6.61 Å². The molecule has 0 N–H and O–H groups in total. The molecule has 34 heavy (non-hydrogen) atoms. The van der Waals surface area contributed by atoms with Gasteiger partial charge in [0.1, 0.15) is 5.75 Å². The summed E-state index contributed by atoms with van der Waals surface area (Å²) in [7, 11) is 0. The predicted octanol–water partition coefficient (Wildman–Crippen LogP) is 2.76. The van der Waals surface area contributed by atoms with Crippen molar-refractivity contribution in [2.45, 2.75) is 52.3 Å². The minimum absolute atomic E-state index is 0.165. The van der Waals surface area contributed by atoms with Crippen molar-refractivity contribution in [1.82, 2.24) is 0 Å². The summed E-state index contributed by atoms with van der Waals surface area (Å²) in [4.78, 5) is 48.0. The molecule has 2 aromatic carbocycles. The number of benzene rings is 2. The van der Waals surface area contributed by atoms with Crippen molar-refractivity contribution in [1.29, 1.82) is 0 Å². The summed E-state index contributed by atoms with van der Waals surface area (Å²) < 4.78 is 27.4. The highest BCUT2D eigenvalue weighted by Crippen LogP contribution is 2.28. The molecule has 180 valence electrons. The fourth-order valence-corrected chi connectivity index (χ4v) is 3.64. The minimum atomic E-state index is -1.23. The van der Waals surface area contributed by atoms with E-state index in [-0.39, 0.29) is 18.1 Å². The van der Waals surface area contributed by atoms with Crippen LogP contribution in [-0.4, -0.2) is 54.9 Å². The van der Waals surface area contributed by atoms with Crippen LogP contribution >= 0.6 is 0 Å². The molecule has 1 heterocycles. The summed E-state index contributed by atoms with van der Waals surface area (Å²) in [5.41, 5.74) is 1.79. The average Bonchev–Trinajstić information content (AvgIpc) is 2.77. The van der Waals surface area contributed by atoms with Gasteiger partial charge in [0.25, 0.3) is 0 Å². The molecule has 4 atom stereocenters. The van der Waals surface area contributed by atoms with Gasteiger partial charge in [-0.25, -0.2) is 0 Å². The summed E-state index contributed by atoms with van der Waals surface area (Å²) in [5.74, 6) is -1.86. The number of hydrogen-bond donors (Lipinski definition) is 0. The first-order valence-corrected chi connectivity index (χ1v) is 10.7. The van der Waals surface area contributed by atoms with E-state index in [4.69, 9.17) is 23.7 Å². The van der Waals surface area contributed by atoms with Crippen molar-refractivity contribution in [3.63, 3.8) is 0 Å². The van der Waals surface area contributed by atoms with Crippen LogP contribution in [0.15, 0.2) is 48.5 Å². The topological polar surface area (TPSA) is 114 Å². The van der Waals surface area contributed by atoms with Crippen LogP contribution < -0.4 is 4.74 Å². The van der Waals surface area contributed by atoms with Gasteiger partial charge in [-0.15, -0.1) is 0 Å². The molecule has 0 amide bonds. The van der Waals surface area contributed by atoms with E-state index in [9.17, 15) is 19.2 Å². The average molecular weight is 470 g/mol. The van der Waals surface area contributed by atoms with Crippen LogP contribution in [0.1, 0.15) is 42.3 Å².